The van der Waals surface area contributed by atoms with Crippen LogP contribution in [0.3, 0.4) is 0 Å². The summed E-state index contributed by atoms with van der Waals surface area (Å²) in [4.78, 5) is 22.1. The summed E-state index contributed by atoms with van der Waals surface area (Å²) in [5, 5.41) is 11.5. The number of carbonyl (C=O) groups is 2. The highest BCUT2D eigenvalue weighted by Crippen LogP contribution is 2.15. The van der Waals surface area contributed by atoms with Gasteiger partial charge in [-0.3, -0.25) is 9.59 Å². The van der Waals surface area contributed by atoms with E-state index in [4.69, 9.17) is 5.11 Å². The topological polar surface area (TPSA) is 66.4 Å². The van der Waals surface area contributed by atoms with Crippen LogP contribution < -0.4 is 5.32 Å². The predicted molar refractivity (Wildman–Crippen MR) is 53.9 cm³/mol. The molecule has 82 valence electrons. The van der Waals surface area contributed by atoms with Gasteiger partial charge in [-0.05, 0) is 19.8 Å². The van der Waals surface area contributed by atoms with Crippen LogP contribution in [0.1, 0.15) is 34.1 Å². The van der Waals surface area contributed by atoms with Crippen LogP contribution in [-0.2, 0) is 9.59 Å². The van der Waals surface area contributed by atoms with E-state index in [1.807, 2.05) is 13.8 Å². The van der Waals surface area contributed by atoms with Crippen molar-refractivity contribution >= 4 is 11.9 Å². The Bertz CT molecular complexity index is 211. The van der Waals surface area contributed by atoms with Crippen molar-refractivity contribution in [2.75, 3.05) is 0 Å². The molecule has 0 aliphatic heterocycles. The molecule has 4 nitrogen and oxygen atoms in total. The first-order valence-electron chi connectivity index (χ1n) is 4.86. The lowest BCUT2D eigenvalue weighted by molar-refractivity contribution is -0.145. The van der Waals surface area contributed by atoms with E-state index in [0.29, 0.717) is 0 Å². The van der Waals surface area contributed by atoms with E-state index in [1.165, 1.54) is 0 Å². The number of hydrogen-bond acceptors (Lipinski definition) is 2. The second-order valence-electron chi connectivity index (χ2n) is 4.12. The molecule has 0 aliphatic rings. The lowest BCUT2D eigenvalue weighted by Crippen LogP contribution is -2.34. The molecule has 0 aromatic rings. The molecule has 1 amide bonds. The highest BCUT2D eigenvalue weighted by atomic mass is 16.4. The summed E-state index contributed by atoms with van der Waals surface area (Å²) in [7, 11) is 0. The number of carboxylic acids is 1. The molecule has 4 heteroatoms. The molecule has 0 aliphatic carbocycles. The number of nitrogens with one attached hydrogen (secondary N) is 1. The fourth-order valence-electron chi connectivity index (χ4n) is 1.19. The Morgan fingerprint density at radius 2 is 1.71 bits per heavy atom. The standard InChI is InChI=1S/C10H19NO3/c1-6(2)8(10(13)14)5-9(12)11-7(3)4/h6-8H,5H2,1-4H3,(H,11,12)(H,13,14)/t8-/m0/s1. The van der Waals surface area contributed by atoms with Gasteiger partial charge in [0.05, 0.1) is 5.92 Å². The predicted octanol–water partition coefficient (Wildman–Crippen LogP) is 1.26. The monoisotopic (exact) mass is 201 g/mol. The molecule has 0 radical (unpaired) electrons. The highest BCUT2D eigenvalue weighted by molar-refractivity contribution is 5.82. The maximum Gasteiger partial charge on any atom is 0.307 e. The van der Waals surface area contributed by atoms with E-state index in [0.717, 1.165) is 0 Å². The zero-order chi connectivity index (χ0) is 11.3. The van der Waals surface area contributed by atoms with Crippen LogP contribution >= 0.6 is 0 Å². The zero-order valence-corrected chi connectivity index (χ0v) is 9.20. The molecule has 0 aromatic carbocycles. The molecule has 0 spiro atoms. The van der Waals surface area contributed by atoms with Gasteiger partial charge in [0.2, 0.25) is 5.91 Å². The fourth-order valence-corrected chi connectivity index (χ4v) is 1.19. The molecule has 0 saturated carbocycles. The van der Waals surface area contributed by atoms with Crippen LogP contribution in [0.2, 0.25) is 0 Å². The van der Waals surface area contributed by atoms with E-state index in [9.17, 15) is 9.59 Å². The number of carboxylic acid groups (broad SMARTS) is 1. The molecular formula is C10H19NO3. The van der Waals surface area contributed by atoms with Crippen LogP contribution in [0.4, 0.5) is 0 Å². The molecule has 0 bridgehead atoms. The summed E-state index contributed by atoms with van der Waals surface area (Å²) in [5.74, 6) is -1.71. The summed E-state index contributed by atoms with van der Waals surface area (Å²) in [6.45, 7) is 7.31. The average Bonchev–Trinajstić information content (AvgIpc) is 1.97. The van der Waals surface area contributed by atoms with Crippen LogP contribution in [-0.4, -0.2) is 23.0 Å². The Kier molecular flexibility index (Phi) is 5.20. The first-order valence-corrected chi connectivity index (χ1v) is 4.86. The first-order chi connectivity index (χ1) is 6.34. The van der Waals surface area contributed by atoms with Crippen molar-refractivity contribution < 1.29 is 14.7 Å². The summed E-state index contributed by atoms with van der Waals surface area (Å²) in [5.41, 5.74) is 0. The number of carbonyl (C=O) groups excluding carboxylic acids is 1. The SMILES string of the molecule is CC(C)NC(=O)C[C@H](C(=O)O)C(C)C. The van der Waals surface area contributed by atoms with E-state index in [-0.39, 0.29) is 24.3 Å². The highest BCUT2D eigenvalue weighted by Gasteiger charge is 2.24. The minimum absolute atomic E-state index is 0.0228. The second kappa shape index (κ2) is 5.62. The van der Waals surface area contributed by atoms with Gasteiger partial charge >= 0.3 is 5.97 Å². The summed E-state index contributed by atoms with van der Waals surface area (Å²) >= 11 is 0. The van der Waals surface area contributed by atoms with Gasteiger partial charge in [-0.2, -0.15) is 0 Å². The number of aliphatic carboxylic acids is 1. The number of amides is 1. The molecule has 1 atom stereocenters. The van der Waals surface area contributed by atoms with E-state index in [2.05, 4.69) is 5.32 Å². The molecule has 0 saturated heterocycles. The van der Waals surface area contributed by atoms with Crippen molar-refractivity contribution in [2.45, 2.75) is 40.2 Å². The fraction of sp³-hybridized carbons (Fsp3) is 0.800. The van der Waals surface area contributed by atoms with Gasteiger partial charge in [0.1, 0.15) is 0 Å². The minimum atomic E-state index is -0.904. The minimum Gasteiger partial charge on any atom is -0.481 e. The number of rotatable bonds is 5. The summed E-state index contributed by atoms with van der Waals surface area (Å²) in [6.07, 6.45) is 0.0607. The van der Waals surface area contributed by atoms with Crippen molar-refractivity contribution in [1.82, 2.24) is 5.32 Å². The van der Waals surface area contributed by atoms with Gasteiger partial charge in [-0.15, -0.1) is 0 Å². The van der Waals surface area contributed by atoms with Crippen LogP contribution in [0.15, 0.2) is 0 Å². The van der Waals surface area contributed by atoms with Crippen LogP contribution in [0.5, 0.6) is 0 Å². The van der Waals surface area contributed by atoms with Gasteiger partial charge in [-0.25, -0.2) is 0 Å². The van der Waals surface area contributed by atoms with Crippen molar-refractivity contribution in [1.29, 1.82) is 0 Å². The van der Waals surface area contributed by atoms with Crippen molar-refractivity contribution in [3.8, 4) is 0 Å². The van der Waals surface area contributed by atoms with Gasteiger partial charge in [0.25, 0.3) is 0 Å². The largest absolute Gasteiger partial charge is 0.481 e. The van der Waals surface area contributed by atoms with Gasteiger partial charge in [-0.1, -0.05) is 13.8 Å². The summed E-state index contributed by atoms with van der Waals surface area (Å²) < 4.78 is 0. The van der Waals surface area contributed by atoms with E-state index >= 15 is 0 Å². The maximum atomic E-state index is 11.3. The zero-order valence-electron chi connectivity index (χ0n) is 9.20. The summed E-state index contributed by atoms with van der Waals surface area (Å²) in [6, 6.07) is 0.0594. The van der Waals surface area contributed by atoms with Crippen LogP contribution in [0, 0.1) is 11.8 Å². The van der Waals surface area contributed by atoms with Gasteiger partial charge < -0.3 is 10.4 Å². The maximum absolute atomic E-state index is 11.3. The lowest BCUT2D eigenvalue weighted by atomic mass is 9.92. The molecule has 0 aromatic heterocycles. The van der Waals surface area contributed by atoms with Crippen molar-refractivity contribution in [3.05, 3.63) is 0 Å². The molecule has 0 fully saturated rings. The molecular weight excluding hydrogens is 182 g/mol. The Labute approximate surface area is 84.7 Å². The van der Waals surface area contributed by atoms with E-state index in [1.54, 1.807) is 13.8 Å². The van der Waals surface area contributed by atoms with Gasteiger partial charge in [0, 0.05) is 12.5 Å². The van der Waals surface area contributed by atoms with Gasteiger partial charge in [0.15, 0.2) is 0 Å². The Balaban J connectivity index is 4.17. The van der Waals surface area contributed by atoms with Crippen molar-refractivity contribution in [2.24, 2.45) is 11.8 Å². The lowest BCUT2D eigenvalue weighted by Gasteiger charge is -2.16. The molecule has 0 heterocycles. The second-order valence-corrected chi connectivity index (χ2v) is 4.12. The molecule has 0 rings (SSSR count). The van der Waals surface area contributed by atoms with Crippen molar-refractivity contribution in [3.63, 3.8) is 0 Å². The normalized spacial score (nSPS) is 13.0. The molecule has 14 heavy (non-hydrogen) atoms. The Morgan fingerprint density at radius 3 is 2.00 bits per heavy atom. The van der Waals surface area contributed by atoms with E-state index < -0.39 is 11.9 Å². The smallest absolute Gasteiger partial charge is 0.307 e. The Hall–Kier alpha value is -1.06. The third-order valence-corrected chi connectivity index (χ3v) is 1.98. The quantitative estimate of drug-likeness (QED) is 0.703. The molecule has 0 unspecified atom stereocenters. The van der Waals surface area contributed by atoms with Crippen LogP contribution in [0.25, 0.3) is 0 Å². The number of hydrogen-bond donors (Lipinski definition) is 2. The first kappa shape index (κ1) is 12.9. The Morgan fingerprint density at radius 1 is 1.21 bits per heavy atom. The third kappa shape index (κ3) is 4.84. The molecule has 2 N–H and O–H groups in total. The average molecular weight is 201 g/mol. The third-order valence-electron chi connectivity index (χ3n) is 1.98.